The van der Waals surface area contributed by atoms with E-state index in [-0.39, 0.29) is 24.0 Å². The predicted molar refractivity (Wildman–Crippen MR) is 78.1 cm³/mol. The number of urea groups is 1. The van der Waals surface area contributed by atoms with E-state index >= 15 is 0 Å². The quantitative estimate of drug-likeness (QED) is 0.831. The van der Waals surface area contributed by atoms with Gasteiger partial charge in [-0.25, -0.2) is 4.79 Å². The monoisotopic (exact) mass is 298 g/mol. The molecule has 0 spiro atoms. The lowest BCUT2D eigenvalue weighted by Crippen LogP contribution is -2.46. The van der Waals surface area contributed by atoms with E-state index in [1.54, 1.807) is 4.90 Å². The van der Waals surface area contributed by atoms with E-state index in [0.29, 0.717) is 26.2 Å². The van der Waals surface area contributed by atoms with Crippen LogP contribution in [0.25, 0.3) is 0 Å². The highest BCUT2D eigenvalue weighted by Crippen LogP contribution is 2.29. The molecular weight excluding hydrogens is 272 g/mol. The number of carbonyl (C=O) groups is 2. The molecule has 120 valence electrons. The maximum Gasteiger partial charge on any atom is 0.317 e. The number of nitrogens with zero attached hydrogens (tertiary/aromatic N) is 1. The smallest absolute Gasteiger partial charge is 0.317 e. The summed E-state index contributed by atoms with van der Waals surface area (Å²) in [5.74, 6) is -0.989. The molecule has 2 fully saturated rings. The summed E-state index contributed by atoms with van der Waals surface area (Å²) in [5.41, 5.74) is 0. The summed E-state index contributed by atoms with van der Waals surface area (Å²) in [4.78, 5) is 25.3. The minimum Gasteiger partial charge on any atom is -0.481 e. The van der Waals surface area contributed by atoms with E-state index < -0.39 is 5.97 Å². The molecule has 1 aliphatic carbocycles. The van der Waals surface area contributed by atoms with Crippen LogP contribution in [0.2, 0.25) is 0 Å². The number of rotatable bonds is 3. The predicted octanol–water partition coefficient (Wildman–Crippen LogP) is 1.70. The number of hydrogen-bond donors (Lipinski definition) is 2. The third-order valence-electron chi connectivity index (χ3n) is 4.48. The molecule has 6 nitrogen and oxygen atoms in total. The van der Waals surface area contributed by atoms with Gasteiger partial charge in [0.15, 0.2) is 0 Å². The maximum absolute atomic E-state index is 12.2. The molecule has 0 aromatic carbocycles. The van der Waals surface area contributed by atoms with Gasteiger partial charge in [0.05, 0.1) is 12.0 Å². The van der Waals surface area contributed by atoms with Crippen molar-refractivity contribution >= 4 is 12.0 Å². The van der Waals surface area contributed by atoms with Crippen LogP contribution in [-0.2, 0) is 9.53 Å². The normalized spacial score (nSPS) is 30.5. The largest absolute Gasteiger partial charge is 0.481 e. The molecule has 2 rings (SSSR count). The van der Waals surface area contributed by atoms with Crippen molar-refractivity contribution in [3.05, 3.63) is 0 Å². The van der Waals surface area contributed by atoms with Crippen LogP contribution in [-0.4, -0.2) is 54.4 Å². The first kappa shape index (κ1) is 16.1. The molecule has 0 aromatic heterocycles. The van der Waals surface area contributed by atoms with E-state index in [1.165, 1.54) is 0 Å². The highest BCUT2D eigenvalue weighted by molar-refractivity contribution is 5.74. The zero-order valence-corrected chi connectivity index (χ0v) is 12.7. The summed E-state index contributed by atoms with van der Waals surface area (Å²) >= 11 is 0. The van der Waals surface area contributed by atoms with Crippen LogP contribution < -0.4 is 5.32 Å². The van der Waals surface area contributed by atoms with Crippen molar-refractivity contribution < 1.29 is 19.4 Å². The zero-order chi connectivity index (χ0) is 15.2. The number of carboxylic acids is 1. The van der Waals surface area contributed by atoms with Crippen molar-refractivity contribution in [1.29, 1.82) is 0 Å². The Morgan fingerprint density at radius 2 is 2.05 bits per heavy atom. The van der Waals surface area contributed by atoms with Crippen LogP contribution in [0.15, 0.2) is 0 Å². The van der Waals surface area contributed by atoms with Crippen LogP contribution >= 0.6 is 0 Å². The summed E-state index contributed by atoms with van der Waals surface area (Å²) in [6, 6.07) is -0.0953. The van der Waals surface area contributed by atoms with Gasteiger partial charge >= 0.3 is 12.0 Å². The van der Waals surface area contributed by atoms with Gasteiger partial charge < -0.3 is 20.1 Å². The first-order valence-corrected chi connectivity index (χ1v) is 7.95. The van der Waals surface area contributed by atoms with Crippen molar-refractivity contribution in [2.75, 3.05) is 26.2 Å². The number of ether oxygens (including phenoxy) is 1. The van der Waals surface area contributed by atoms with E-state index in [1.807, 2.05) is 6.92 Å². The van der Waals surface area contributed by atoms with Gasteiger partial charge in [0, 0.05) is 26.2 Å². The van der Waals surface area contributed by atoms with Crippen LogP contribution in [0.3, 0.4) is 0 Å². The molecule has 1 saturated carbocycles. The van der Waals surface area contributed by atoms with Gasteiger partial charge in [0.2, 0.25) is 0 Å². The fourth-order valence-electron chi connectivity index (χ4n) is 3.29. The Morgan fingerprint density at radius 3 is 2.81 bits per heavy atom. The fraction of sp³-hybridized carbons (Fsp3) is 0.867. The summed E-state index contributed by atoms with van der Waals surface area (Å²) in [6.07, 6.45) is 4.54. The minimum atomic E-state index is -0.731. The van der Waals surface area contributed by atoms with E-state index in [4.69, 9.17) is 4.74 Å². The molecule has 1 heterocycles. The average molecular weight is 298 g/mol. The van der Waals surface area contributed by atoms with Crippen LogP contribution in [0.1, 0.15) is 39.0 Å². The van der Waals surface area contributed by atoms with Gasteiger partial charge in [0.25, 0.3) is 0 Å². The van der Waals surface area contributed by atoms with Gasteiger partial charge in [0.1, 0.15) is 0 Å². The molecule has 3 atom stereocenters. The Morgan fingerprint density at radius 1 is 1.29 bits per heavy atom. The Balaban J connectivity index is 1.83. The topological polar surface area (TPSA) is 78.9 Å². The molecule has 0 bridgehead atoms. The van der Waals surface area contributed by atoms with Crippen LogP contribution in [0, 0.1) is 11.8 Å². The molecule has 21 heavy (non-hydrogen) atoms. The lowest BCUT2D eigenvalue weighted by molar-refractivity contribution is -0.144. The first-order chi connectivity index (χ1) is 10.1. The summed E-state index contributed by atoms with van der Waals surface area (Å²) in [7, 11) is 0. The second-order valence-electron chi connectivity index (χ2n) is 6.16. The number of amides is 2. The first-order valence-electron chi connectivity index (χ1n) is 7.95. The number of aliphatic carboxylic acids is 1. The molecule has 1 saturated heterocycles. The lowest BCUT2D eigenvalue weighted by atomic mass is 9.79. The molecule has 0 radical (unpaired) electrons. The van der Waals surface area contributed by atoms with Gasteiger partial charge in [-0.15, -0.1) is 0 Å². The molecule has 3 unspecified atom stereocenters. The molecule has 2 N–H and O–H groups in total. The highest BCUT2D eigenvalue weighted by atomic mass is 16.5. The van der Waals surface area contributed by atoms with Gasteiger partial charge in [-0.2, -0.15) is 0 Å². The molecule has 2 amide bonds. The Kier molecular flexibility index (Phi) is 5.85. The Labute approximate surface area is 125 Å². The molecule has 6 heteroatoms. The van der Waals surface area contributed by atoms with Crippen molar-refractivity contribution in [1.82, 2.24) is 10.2 Å². The van der Waals surface area contributed by atoms with E-state index in [0.717, 1.165) is 32.1 Å². The van der Waals surface area contributed by atoms with E-state index in [9.17, 15) is 14.7 Å². The summed E-state index contributed by atoms with van der Waals surface area (Å²) in [5, 5.41) is 12.2. The number of hydrogen-bond acceptors (Lipinski definition) is 3. The molecule has 2 aliphatic rings. The van der Waals surface area contributed by atoms with Crippen molar-refractivity contribution in [3.63, 3.8) is 0 Å². The lowest BCUT2D eigenvalue weighted by Gasteiger charge is -2.30. The second kappa shape index (κ2) is 7.64. The van der Waals surface area contributed by atoms with Gasteiger partial charge in [-0.3, -0.25) is 4.79 Å². The molecule has 1 aliphatic heterocycles. The third kappa shape index (κ3) is 4.59. The third-order valence-corrected chi connectivity index (χ3v) is 4.48. The highest BCUT2D eigenvalue weighted by Gasteiger charge is 2.31. The molecular formula is C15H26N2O4. The van der Waals surface area contributed by atoms with E-state index in [2.05, 4.69) is 5.32 Å². The minimum absolute atomic E-state index is 0.0553. The van der Waals surface area contributed by atoms with Gasteiger partial charge in [-0.05, 0) is 32.1 Å². The maximum atomic E-state index is 12.2. The number of carbonyl (C=O) groups excluding carboxylic acids is 1. The molecule has 0 aromatic rings. The van der Waals surface area contributed by atoms with Crippen LogP contribution in [0.5, 0.6) is 0 Å². The number of carboxylic acid groups (broad SMARTS) is 1. The van der Waals surface area contributed by atoms with Crippen molar-refractivity contribution in [2.45, 2.75) is 45.1 Å². The number of nitrogens with one attached hydrogen (secondary N) is 1. The summed E-state index contributed by atoms with van der Waals surface area (Å²) in [6.45, 7) is 4.41. The SMILES string of the molecule is CC1CN(C(=O)NCC2CCCCC2C(=O)O)CCCO1. The Hall–Kier alpha value is -1.30. The fourth-order valence-corrected chi connectivity index (χ4v) is 3.29. The van der Waals surface area contributed by atoms with Crippen molar-refractivity contribution in [2.24, 2.45) is 11.8 Å². The standard InChI is InChI=1S/C15H26N2O4/c1-11-10-17(7-4-8-21-11)15(20)16-9-12-5-2-3-6-13(12)14(18)19/h11-13H,2-10H2,1H3,(H,16,20)(H,18,19). The van der Waals surface area contributed by atoms with Crippen molar-refractivity contribution in [3.8, 4) is 0 Å². The Bertz CT molecular complexity index is 375. The zero-order valence-electron chi connectivity index (χ0n) is 12.7. The summed E-state index contributed by atoms with van der Waals surface area (Å²) < 4.78 is 5.53. The second-order valence-corrected chi connectivity index (χ2v) is 6.16. The average Bonchev–Trinajstić information content (AvgIpc) is 2.69. The van der Waals surface area contributed by atoms with Gasteiger partial charge in [-0.1, -0.05) is 12.8 Å². The van der Waals surface area contributed by atoms with Crippen LogP contribution in [0.4, 0.5) is 4.79 Å².